The molecule has 0 aliphatic carbocycles. The van der Waals surface area contributed by atoms with Gasteiger partial charge in [-0.15, -0.1) is 0 Å². The van der Waals surface area contributed by atoms with Gasteiger partial charge in [0, 0.05) is 56.6 Å². The molecule has 0 unspecified atom stereocenters. The summed E-state index contributed by atoms with van der Waals surface area (Å²) in [5.74, 6) is -1.15. The number of amides is 1. The Morgan fingerprint density at radius 2 is 1.56 bits per heavy atom. The van der Waals surface area contributed by atoms with E-state index in [0.29, 0.717) is 12.8 Å². The number of hydrogen-bond donors (Lipinski definition) is 1. The Kier molecular flexibility index (Phi) is 6.78. The highest BCUT2D eigenvalue weighted by Gasteiger charge is 2.33. The summed E-state index contributed by atoms with van der Waals surface area (Å²) in [6, 6.07) is 13.2. The van der Waals surface area contributed by atoms with Crippen LogP contribution in [0, 0.1) is 11.7 Å². The first-order valence-corrected chi connectivity index (χ1v) is 12.4. The minimum atomic E-state index is -3.90. The average molecular weight is 461 g/mol. The monoisotopic (exact) mass is 460 g/mol. The zero-order valence-electron chi connectivity index (χ0n) is 18.2. The van der Waals surface area contributed by atoms with Crippen LogP contribution in [0.2, 0.25) is 0 Å². The summed E-state index contributed by atoms with van der Waals surface area (Å²) < 4.78 is 40.7. The number of piperidine rings is 1. The summed E-state index contributed by atoms with van der Waals surface area (Å²) in [5.41, 5.74) is 1.87. The lowest BCUT2D eigenvalue weighted by molar-refractivity contribution is -0.120. The molecule has 4 rings (SSSR count). The lowest BCUT2D eigenvalue weighted by Crippen LogP contribution is -2.44. The molecular formula is C23H29FN4O3S. The quantitative estimate of drug-likeness (QED) is 0.743. The van der Waals surface area contributed by atoms with E-state index in [0.717, 1.165) is 43.6 Å². The van der Waals surface area contributed by atoms with Crippen LogP contribution in [-0.2, 0) is 14.8 Å². The Labute approximate surface area is 188 Å². The summed E-state index contributed by atoms with van der Waals surface area (Å²) in [5, 5.41) is 2.95. The van der Waals surface area contributed by atoms with Crippen molar-refractivity contribution in [3.05, 3.63) is 54.3 Å². The van der Waals surface area contributed by atoms with Gasteiger partial charge >= 0.3 is 0 Å². The fraction of sp³-hybridized carbons (Fsp3) is 0.435. The number of sulfonamides is 1. The summed E-state index contributed by atoms with van der Waals surface area (Å²) in [7, 11) is -1.78. The number of nitrogens with zero attached hydrogens (tertiary/aromatic N) is 3. The smallest absolute Gasteiger partial charge is 0.245 e. The van der Waals surface area contributed by atoms with Crippen LogP contribution < -0.4 is 10.2 Å². The fourth-order valence-electron chi connectivity index (χ4n) is 4.22. The molecule has 2 heterocycles. The van der Waals surface area contributed by atoms with E-state index >= 15 is 0 Å². The normalized spacial score (nSPS) is 19.1. The maximum atomic E-state index is 14.0. The fourth-order valence-corrected chi connectivity index (χ4v) is 5.75. The Hall–Kier alpha value is -2.49. The van der Waals surface area contributed by atoms with Gasteiger partial charge in [0.05, 0.1) is 0 Å². The van der Waals surface area contributed by atoms with E-state index in [4.69, 9.17) is 0 Å². The van der Waals surface area contributed by atoms with Crippen LogP contribution in [0.3, 0.4) is 0 Å². The number of nitrogens with one attached hydrogen (secondary N) is 1. The Bertz CT molecular complexity index is 1050. The standard InChI is InChI=1S/C23H29FN4O3S/c1-26-14-16-27(17-15-26)20-8-6-19(7-9-20)25-23(29)18-10-12-28(13-11-18)32(30,31)22-5-3-2-4-21(22)24/h2-9,18H,10-17H2,1H3,(H,25,29). The van der Waals surface area contributed by atoms with Crippen molar-refractivity contribution in [3.63, 3.8) is 0 Å². The number of hydrogen-bond acceptors (Lipinski definition) is 5. The first-order valence-electron chi connectivity index (χ1n) is 10.9. The predicted octanol–water partition coefficient (Wildman–Crippen LogP) is 2.62. The van der Waals surface area contributed by atoms with Gasteiger partial charge in [-0.05, 0) is 56.3 Å². The summed E-state index contributed by atoms with van der Waals surface area (Å²) in [6.45, 7) is 4.41. The molecule has 2 aromatic rings. The lowest BCUT2D eigenvalue weighted by Gasteiger charge is -2.34. The number of benzene rings is 2. The van der Waals surface area contributed by atoms with Crippen LogP contribution in [-0.4, -0.2) is 69.8 Å². The first-order chi connectivity index (χ1) is 15.3. The van der Waals surface area contributed by atoms with Gasteiger partial charge in [-0.1, -0.05) is 12.1 Å². The molecule has 172 valence electrons. The molecule has 0 atom stereocenters. The number of anilines is 2. The van der Waals surface area contributed by atoms with E-state index in [9.17, 15) is 17.6 Å². The highest BCUT2D eigenvalue weighted by atomic mass is 32.2. The largest absolute Gasteiger partial charge is 0.369 e. The molecule has 0 saturated carbocycles. The third-order valence-corrected chi connectivity index (χ3v) is 8.21. The Balaban J connectivity index is 1.31. The van der Waals surface area contributed by atoms with Crippen molar-refractivity contribution in [1.82, 2.24) is 9.21 Å². The topological polar surface area (TPSA) is 73.0 Å². The van der Waals surface area contributed by atoms with Crippen molar-refractivity contribution < 1.29 is 17.6 Å². The molecule has 2 aromatic carbocycles. The number of likely N-dealkylation sites (N-methyl/N-ethyl adjacent to an activating group) is 1. The summed E-state index contributed by atoms with van der Waals surface area (Å²) in [4.78, 5) is 17.0. The lowest BCUT2D eigenvalue weighted by atomic mass is 9.97. The molecule has 0 aromatic heterocycles. The second-order valence-electron chi connectivity index (χ2n) is 8.44. The minimum absolute atomic E-state index is 0.111. The van der Waals surface area contributed by atoms with Crippen LogP contribution in [0.1, 0.15) is 12.8 Å². The van der Waals surface area contributed by atoms with Crippen molar-refractivity contribution >= 4 is 27.3 Å². The van der Waals surface area contributed by atoms with Gasteiger partial charge in [0.1, 0.15) is 10.7 Å². The average Bonchev–Trinajstić information content (AvgIpc) is 2.80. The number of carbonyl (C=O) groups excluding carboxylic acids is 1. The molecule has 2 aliphatic rings. The van der Waals surface area contributed by atoms with Gasteiger partial charge in [0.25, 0.3) is 0 Å². The van der Waals surface area contributed by atoms with Crippen molar-refractivity contribution in [2.24, 2.45) is 5.92 Å². The van der Waals surface area contributed by atoms with Crippen molar-refractivity contribution in [1.29, 1.82) is 0 Å². The molecule has 0 spiro atoms. The molecule has 2 aliphatic heterocycles. The summed E-state index contributed by atoms with van der Waals surface area (Å²) >= 11 is 0. The SMILES string of the molecule is CN1CCN(c2ccc(NC(=O)C3CCN(S(=O)(=O)c4ccccc4F)CC3)cc2)CC1. The van der Waals surface area contributed by atoms with E-state index in [2.05, 4.69) is 22.2 Å². The molecule has 0 bridgehead atoms. The molecule has 32 heavy (non-hydrogen) atoms. The molecule has 9 heteroatoms. The van der Waals surface area contributed by atoms with Crippen LogP contribution in [0.5, 0.6) is 0 Å². The van der Waals surface area contributed by atoms with Crippen molar-refractivity contribution in [2.45, 2.75) is 17.7 Å². The van der Waals surface area contributed by atoms with E-state index in [1.807, 2.05) is 24.3 Å². The third-order valence-electron chi connectivity index (χ3n) is 6.28. The van der Waals surface area contributed by atoms with E-state index < -0.39 is 15.8 Å². The van der Waals surface area contributed by atoms with Crippen LogP contribution in [0.15, 0.2) is 53.4 Å². The van der Waals surface area contributed by atoms with E-state index in [1.165, 1.54) is 22.5 Å². The maximum Gasteiger partial charge on any atom is 0.245 e. The first kappa shape index (κ1) is 22.7. The van der Waals surface area contributed by atoms with Gasteiger partial charge in [-0.3, -0.25) is 4.79 Å². The number of rotatable bonds is 5. The van der Waals surface area contributed by atoms with Gasteiger partial charge in [-0.25, -0.2) is 12.8 Å². The van der Waals surface area contributed by atoms with Crippen molar-refractivity contribution in [3.8, 4) is 0 Å². The van der Waals surface area contributed by atoms with E-state index in [1.54, 1.807) is 0 Å². The zero-order valence-corrected chi connectivity index (χ0v) is 19.0. The van der Waals surface area contributed by atoms with E-state index in [-0.39, 0.29) is 29.8 Å². The van der Waals surface area contributed by atoms with Gasteiger partial charge in [0.15, 0.2) is 0 Å². The van der Waals surface area contributed by atoms with Crippen LogP contribution >= 0.6 is 0 Å². The highest BCUT2D eigenvalue weighted by Crippen LogP contribution is 2.26. The van der Waals surface area contributed by atoms with Gasteiger partial charge in [-0.2, -0.15) is 4.31 Å². The number of halogens is 1. The molecule has 2 fully saturated rings. The molecule has 7 nitrogen and oxygen atoms in total. The summed E-state index contributed by atoms with van der Waals surface area (Å²) in [6.07, 6.45) is 0.803. The minimum Gasteiger partial charge on any atom is -0.369 e. The molecule has 0 radical (unpaired) electrons. The zero-order chi connectivity index (χ0) is 22.7. The molecule has 2 saturated heterocycles. The molecule has 1 N–H and O–H groups in total. The third kappa shape index (κ3) is 4.95. The van der Waals surface area contributed by atoms with Gasteiger partial charge in [0.2, 0.25) is 15.9 Å². The highest BCUT2D eigenvalue weighted by molar-refractivity contribution is 7.89. The Morgan fingerprint density at radius 3 is 2.19 bits per heavy atom. The number of piperazine rings is 1. The van der Waals surface area contributed by atoms with Crippen molar-refractivity contribution in [2.75, 3.05) is 56.5 Å². The maximum absolute atomic E-state index is 14.0. The van der Waals surface area contributed by atoms with Crippen LogP contribution in [0.25, 0.3) is 0 Å². The molecular weight excluding hydrogens is 431 g/mol. The number of carbonyl (C=O) groups is 1. The predicted molar refractivity (Wildman–Crippen MR) is 123 cm³/mol. The second-order valence-corrected chi connectivity index (χ2v) is 10.3. The molecule has 1 amide bonds. The Morgan fingerprint density at radius 1 is 0.938 bits per heavy atom. The van der Waals surface area contributed by atoms with Gasteiger partial charge < -0.3 is 15.1 Å². The second kappa shape index (κ2) is 9.56. The van der Waals surface area contributed by atoms with Crippen LogP contribution in [0.4, 0.5) is 15.8 Å².